The van der Waals surface area contributed by atoms with Gasteiger partial charge in [-0.3, -0.25) is 9.59 Å². The fourth-order valence-electron chi connectivity index (χ4n) is 16.8. The maximum absolute atomic E-state index is 15.1. The van der Waals surface area contributed by atoms with Crippen LogP contribution in [0.5, 0.6) is 0 Å². The van der Waals surface area contributed by atoms with Crippen LogP contribution in [0.3, 0.4) is 0 Å². The van der Waals surface area contributed by atoms with Gasteiger partial charge in [0, 0.05) is 12.3 Å². The normalized spacial score (nSPS) is 52.9. The fourth-order valence-corrected chi connectivity index (χ4v) is 16.8. The zero-order chi connectivity index (χ0) is 60.1. The van der Waals surface area contributed by atoms with Crippen molar-refractivity contribution < 1.29 is 129 Å². The maximum Gasteiger partial charge on any atom is 0.315 e. The average molecular weight is 1180 g/mol. The molecule has 15 N–H and O–H groups in total. The van der Waals surface area contributed by atoms with E-state index in [4.69, 9.17) is 42.6 Å². The van der Waals surface area contributed by atoms with E-state index in [2.05, 4.69) is 40.7 Å². The summed E-state index contributed by atoms with van der Waals surface area (Å²) in [5.41, 5.74) is -3.03. The monoisotopic (exact) mass is 1180 g/mol. The van der Waals surface area contributed by atoms with E-state index in [1.165, 1.54) is 6.92 Å². The topological polar surface area (TPSA) is 421 Å². The fraction of sp³-hybridized carbons (Fsp3) is 0.929. The predicted molar refractivity (Wildman–Crippen MR) is 275 cm³/mol. The minimum atomic E-state index is -1.91. The first-order valence-electron chi connectivity index (χ1n) is 29.0. The van der Waals surface area contributed by atoms with Gasteiger partial charge >= 0.3 is 11.9 Å². The first-order valence-corrected chi connectivity index (χ1v) is 29.0. The molecule has 0 aromatic heterocycles. The molecule has 9 rings (SSSR count). The number of ether oxygens (including phenoxy) is 9. The summed E-state index contributed by atoms with van der Waals surface area (Å²) in [6.07, 6.45) is -29.6. The molecule has 4 heterocycles. The summed E-state index contributed by atoms with van der Waals surface area (Å²) in [6.45, 7) is 11.0. The molecule has 0 aromatic carbocycles. The van der Waals surface area contributed by atoms with Gasteiger partial charge in [0.2, 0.25) is 6.29 Å². The Morgan fingerprint density at radius 2 is 1.10 bits per heavy atom. The molecule has 0 amide bonds. The Labute approximate surface area is 475 Å². The number of fused-ring (bicyclic) bond motifs is 7. The standard InChI is InChI=1S/C56H90O26/c1-23(60)75-22-53(5)31-10-11-55(7)32(52(31,4)17-26(61)45(53)81-48-43(72)39(68)44(29(20-59)78-48)80-47-41(70)37(66)34(63)28(19-58)77-47)9-8-24-25-16-51(2,3)12-14-56(25,15-13-54(24,55)6)50(73)82-49-42(71)38(67)35(64)30(79-49)21-74-46-40(69)36(65)33(62)27(18-57)76-46/h8,25-49,57-59,61-72H,9-22H2,1-7H3/t25-,26-,27+,28+,29+,30+,31+,32+,33+,34+,35+,36-,37-,38-,39+,40+,41+,42+,43+,44+,45-,46+,47-,48-,49-,52-,53-,54+,55+,56-/m0/s1. The number of aliphatic hydroxyl groups is 15. The van der Waals surface area contributed by atoms with Crippen molar-refractivity contribution in [2.75, 3.05) is 33.0 Å². The highest BCUT2D eigenvalue weighted by molar-refractivity contribution is 5.79. The first-order chi connectivity index (χ1) is 38.4. The Morgan fingerprint density at radius 1 is 0.573 bits per heavy atom. The number of rotatable bonds is 14. The van der Waals surface area contributed by atoms with E-state index in [0.29, 0.717) is 51.4 Å². The van der Waals surface area contributed by atoms with Crippen LogP contribution in [0, 0.1) is 50.2 Å². The number of allylic oxidation sites excluding steroid dienone is 2. The zero-order valence-electron chi connectivity index (χ0n) is 47.6. The van der Waals surface area contributed by atoms with Crippen LogP contribution >= 0.6 is 0 Å². The van der Waals surface area contributed by atoms with E-state index < -0.39 is 200 Å². The van der Waals surface area contributed by atoms with E-state index in [-0.39, 0.29) is 36.2 Å². The third kappa shape index (κ3) is 10.7. The molecule has 8 fully saturated rings. The molecule has 30 atom stereocenters. The summed E-state index contributed by atoms with van der Waals surface area (Å²) in [5, 5.41) is 161. The van der Waals surface area contributed by atoms with Crippen LogP contribution in [0.25, 0.3) is 0 Å². The smallest absolute Gasteiger partial charge is 0.315 e. The third-order valence-electron chi connectivity index (χ3n) is 21.7. The number of hydrogen-bond acceptors (Lipinski definition) is 26. The van der Waals surface area contributed by atoms with Gasteiger partial charge in [-0.25, -0.2) is 0 Å². The lowest BCUT2D eigenvalue weighted by Crippen LogP contribution is -2.70. The maximum atomic E-state index is 15.1. The van der Waals surface area contributed by atoms with Crippen molar-refractivity contribution in [3.8, 4) is 0 Å². The summed E-state index contributed by atoms with van der Waals surface area (Å²) in [4.78, 5) is 27.8. The van der Waals surface area contributed by atoms with E-state index >= 15 is 4.79 Å². The summed E-state index contributed by atoms with van der Waals surface area (Å²) < 4.78 is 52.8. The van der Waals surface area contributed by atoms with Gasteiger partial charge < -0.3 is 119 Å². The molecular weight excluding hydrogens is 1090 g/mol. The molecule has 0 unspecified atom stereocenters. The molecule has 0 bridgehead atoms. The number of hydrogen-bond donors (Lipinski definition) is 15. The van der Waals surface area contributed by atoms with Crippen molar-refractivity contribution in [1.82, 2.24) is 0 Å². The lowest BCUT2D eigenvalue weighted by molar-refractivity contribution is -0.374. The Kier molecular flexibility index (Phi) is 18.6. The first kappa shape index (κ1) is 64.3. The molecule has 5 aliphatic carbocycles. The van der Waals surface area contributed by atoms with Crippen molar-refractivity contribution in [1.29, 1.82) is 0 Å². The molecule has 26 nitrogen and oxygen atoms in total. The highest BCUT2D eigenvalue weighted by Gasteiger charge is 2.72. The molecule has 470 valence electrons. The zero-order valence-corrected chi connectivity index (χ0v) is 47.6. The second kappa shape index (κ2) is 23.7. The third-order valence-corrected chi connectivity index (χ3v) is 21.7. The highest BCUT2D eigenvalue weighted by atomic mass is 16.8. The molecule has 82 heavy (non-hydrogen) atoms. The number of carbonyl (C=O) groups is 2. The molecule has 4 saturated carbocycles. The van der Waals surface area contributed by atoms with Crippen molar-refractivity contribution in [3.63, 3.8) is 0 Å². The highest BCUT2D eigenvalue weighted by Crippen LogP contribution is 2.76. The van der Waals surface area contributed by atoms with Crippen LogP contribution in [-0.2, 0) is 52.2 Å². The van der Waals surface area contributed by atoms with Crippen LogP contribution in [0.2, 0.25) is 0 Å². The largest absolute Gasteiger partial charge is 0.465 e. The minimum Gasteiger partial charge on any atom is -0.465 e. The van der Waals surface area contributed by atoms with Gasteiger partial charge in [0.25, 0.3) is 0 Å². The quantitative estimate of drug-likeness (QED) is 0.0455. The SMILES string of the molecule is CC(=O)OC[C@@]1(C)[C@@H]2CC[C@]3(C)[C@H](CC=C4[C@@H]5CC(C)(C)CC[C@]5(C(=O)O[C@@H]5O[C@H](CO[C@@H]6O[C@H](CO)[C@@H](O)[C@H](O)[C@H]6O)[C@@H](O)[C@H](O)[C@H]5O)CC[C@]43C)[C@@]2(C)C[C@H](O)[C@@H]1O[C@@H]1O[C@H](CO)[C@@H](O[C@@H]2O[C@H](CO)[C@@H](O)[C@H](O)[C@H]2O)[C@H](O)[C@H]1O. The van der Waals surface area contributed by atoms with E-state index in [9.17, 15) is 81.4 Å². The summed E-state index contributed by atoms with van der Waals surface area (Å²) in [5.74, 6) is -1.99. The molecule has 0 spiro atoms. The van der Waals surface area contributed by atoms with Crippen LogP contribution in [0.4, 0.5) is 0 Å². The van der Waals surface area contributed by atoms with Gasteiger partial charge in [0.1, 0.15) is 97.7 Å². The van der Waals surface area contributed by atoms with Crippen molar-refractivity contribution in [2.45, 2.75) is 241 Å². The minimum absolute atomic E-state index is 0.103. The second-order valence-corrected chi connectivity index (χ2v) is 26.9. The summed E-state index contributed by atoms with van der Waals surface area (Å²) >= 11 is 0. The van der Waals surface area contributed by atoms with Crippen LogP contribution < -0.4 is 0 Å². The molecule has 4 saturated heterocycles. The predicted octanol–water partition coefficient (Wildman–Crippen LogP) is -3.52. The molecule has 4 aliphatic heterocycles. The summed E-state index contributed by atoms with van der Waals surface area (Å²) in [7, 11) is 0. The molecule has 9 aliphatic rings. The Hall–Kier alpha value is -2.20. The molecular formula is C56H90O26. The molecule has 0 radical (unpaired) electrons. The lowest BCUT2D eigenvalue weighted by Gasteiger charge is -2.71. The van der Waals surface area contributed by atoms with Gasteiger partial charge in [-0.1, -0.05) is 53.2 Å². The molecule has 26 heteroatoms. The van der Waals surface area contributed by atoms with Crippen molar-refractivity contribution in [2.24, 2.45) is 50.2 Å². The molecule has 0 aromatic rings. The van der Waals surface area contributed by atoms with Gasteiger partial charge in [-0.2, -0.15) is 0 Å². The van der Waals surface area contributed by atoms with Crippen LogP contribution in [0.1, 0.15) is 106 Å². The lowest BCUT2D eigenvalue weighted by atomic mass is 9.33. The summed E-state index contributed by atoms with van der Waals surface area (Å²) in [6, 6.07) is 0. The Morgan fingerprint density at radius 3 is 1.71 bits per heavy atom. The van der Waals surface area contributed by atoms with Crippen LogP contribution in [-0.4, -0.2) is 257 Å². The van der Waals surface area contributed by atoms with Crippen LogP contribution in [0.15, 0.2) is 11.6 Å². The van der Waals surface area contributed by atoms with E-state index in [1.54, 1.807) is 0 Å². The number of carbonyl (C=O) groups excluding carboxylic acids is 2. The van der Waals surface area contributed by atoms with Gasteiger partial charge in [0.15, 0.2) is 18.9 Å². The van der Waals surface area contributed by atoms with Crippen molar-refractivity contribution in [3.05, 3.63) is 11.6 Å². The van der Waals surface area contributed by atoms with Gasteiger partial charge in [-0.05, 0) is 97.2 Å². The number of aliphatic hydroxyl groups excluding tert-OH is 15. The van der Waals surface area contributed by atoms with Gasteiger partial charge in [-0.15, -0.1) is 0 Å². The number of esters is 2. The van der Waals surface area contributed by atoms with Crippen molar-refractivity contribution >= 4 is 11.9 Å². The van der Waals surface area contributed by atoms with E-state index in [1.807, 2.05) is 6.92 Å². The Bertz CT molecular complexity index is 2290. The average Bonchev–Trinajstić information content (AvgIpc) is 0.757. The second-order valence-electron chi connectivity index (χ2n) is 26.9. The Balaban J connectivity index is 0.949. The van der Waals surface area contributed by atoms with E-state index in [0.717, 1.165) is 5.57 Å². The van der Waals surface area contributed by atoms with Gasteiger partial charge in [0.05, 0.1) is 50.7 Å².